The Balaban J connectivity index is 1.60. The van der Waals surface area contributed by atoms with E-state index in [0.717, 1.165) is 29.8 Å². The molecule has 2 aliphatic rings. The van der Waals surface area contributed by atoms with Crippen LogP contribution in [0.25, 0.3) is 0 Å². The Kier molecular flexibility index (Phi) is 4.15. The van der Waals surface area contributed by atoms with Gasteiger partial charge in [-0.25, -0.2) is 0 Å². The van der Waals surface area contributed by atoms with Crippen LogP contribution >= 0.6 is 0 Å². The molecule has 2 unspecified atom stereocenters. The zero-order valence-electron chi connectivity index (χ0n) is 12.8. The topological polar surface area (TPSA) is 50.4 Å². The Labute approximate surface area is 126 Å². The maximum absolute atomic E-state index is 11.4. The molecule has 114 valence electrons. The molecule has 4 heteroatoms. The van der Waals surface area contributed by atoms with Crippen molar-refractivity contribution in [1.82, 2.24) is 5.32 Å². The highest BCUT2D eigenvalue weighted by atomic mass is 16.5. The van der Waals surface area contributed by atoms with Gasteiger partial charge >= 0.3 is 0 Å². The van der Waals surface area contributed by atoms with Gasteiger partial charge < -0.3 is 15.4 Å². The summed E-state index contributed by atoms with van der Waals surface area (Å²) in [6.07, 6.45) is 3.87. The summed E-state index contributed by atoms with van der Waals surface area (Å²) < 4.78 is 5.38. The Morgan fingerprint density at radius 1 is 1.24 bits per heavy atom. The smallest absolute Gasteiger partial charge is 0.262 e. The number of carbonyl (C=O) groups excluding carboxylic acids is 1. The highest BCUT2D eigenvalue weighted by Crippen LogP contribution is 2.30. The Hall–Kier alpha value is -1.55. The van der Waals surface area contributed by atoms with Gasteiger partial charge in [0.2, 0.25) is 0 Å². The third kappa shape index (κ3) is 3.56. The molecule has 2 N–H and O–H groups in total. The third-order valence-electron chi connectivity index (χ3n) is 4.45. The van der Waals surface area contributed by atoms with Crippen LogP contribution in [-0.4, -0.2) is 18.6 Å². The average Bonchev–Trinajstić information content (AvgIpc) is 2.43. The van der Waals surface area contributed by atoms with Crippen LogP contribution in [0, 0.1) is 11.8 Å². The molecule has 2 atom stereocenters. The second-order valence-electron chi connectivity index (χ2n) is 6.66. The van der Waals surface area contributed by atoms with Gasteiger partial charge in [-0.15, -0.1) is 0 Å². The van der Waals surface area contributed by atoms with E-state index in [1.54, 1.807) is 0 Å². The first kappa shape index (κ1) is 14.4. The van der Waals surface area contributed by atoms with E-state index in [1.807, 2.05) is 12.1 Å². The molecule has 1 aromatic carbocycles. The summed E-state index contributed by atoms with van der Waals surface area (Å²) in [5.41, 5.74) is 1.97. The molecule has 0 radical (unpaired) electrons. The first-order valence-electron chi connectivity index (χ1n) is 7.89. The van der Waals surface area contributed by atoms with Crippen molar-refractivity contribution in [2.45, 2.75) is 45.7 Å². The molecule has 1 fully saturated rings. The van der Waals surface area contributed by atoms with E-state index in [4.69, 9.17) is 4.74 Å². The zero-order valence-corrected chi connectivity index (χ0v) is 12.8. The van der Waals surface area contributed by atoms with Crippen molar-refractivity contribution in [3.05, 3.63) is 23.8 Å². The van der Waals surface area contributed by atoms with E-state index >= 15 is 0 Å². The molecule has 1 heterocycles. The van der Waals surface area contributed by atoms with Gasteiger partial charge in [0.25, 0.3) is 5.91 Å². The maximum Gasteiger partial charge on any atom is 0.262 e. The second-order valence-corrected chi connectivity index (χ2v) is 6.66. The number of nitrogens with one attached hydrogen (secondary N) is 2. The van der Waals surface area contributed by atoms with E-state index < -0.39 is 0 Å². The zero-order chi connectivity index (χ0) is 14.8. The van der Waals surface area contributed by atoms with Gasteiger partial charge in [0.15, 0.2) is 6.61 Å². The van der Waals surface area contributed by atoms with Crippen molar-refractivity contribution >= 4 is 11.6 Å². The number of amides is 1. The third-order valence-corrected chi connectivity index (χ3v) is 4.45. The monoisotopic (exact) mass is 288 g/mol. The van der Waals surface area contributed by atoms with E-state index in [9.17, 15) is 4.79 Å². The molecule has 0 spiro atoms. The lowest BCUT2D eigenvalue weighted by Gasteiger charge is -2.32. The summed E-state index contributed by atoms with van der Waals surface area (Å²) in [4.78, 5) is 11.4. The molecule has 21 heavy (non-hydrogen) atoms. The molecule has 1 amide bonds. The lowest BCUT2D eigenvalue weighted by atomic mass is 9.80. The summed E-state index contributed by atoms with van der Waals surface area (Å²) in [6.45, 7) is 5.64. The van der Waals surface area contributed by atoms with E-state index in [2.05, 4.69) is 30.5 Å². The second kappa shape index (κ2) is 6.06. The van der Waals surface area contributed by atoms with E-state index in [0.29, 0.717) is 6.04 Å². The van der Waals surface area contributed by atoms with Gasteiger partial charge in [0, 0.05) is 12.6 Å². The number of anilines is 1. The summed E-state index contributed by atoms with van der Waals surface area (Å²) in [6, 6.07) is 6.62. The molecule has 1 aromatic rings. The lowest BCUT2D eigenvalue weighted by molar-refractivity contribution is -0.118. The van der Waals surface area contributed by atoms with Gasteiger partial charge in [-0.3, -0.25) is 4.79 Å². The van der Waals surface area contributed by atoms with Crippen LogP contribution in [0.1, 0.15) is 38.7 Å². The van der Waals surface area contributed by atoms with Gasteiger partial charge in [-0.2, -0.15) is 0 Å². The van der Waals surface area contributed by atoms with Crippen molar-refractivity contribution in [2.24, 2.45) is 11.8 Å². The summed E-state index contributed by atoms with van der Waals surface area (Å²) >= 11 is 0. The fourth-order valence-electron chi connectivity index (χ4n) is 3.62. The highest BCUT2D eigenvalue weighted by Gasteiger charge is 2.23. The van der Waals surface area contributed by atoms with Crippen LogP contribution in [0.15, 0.2) is 18.2 Å². The van der Waals surface area contributed by atoms with Crippen LogP contribution in [0.4, 0.5) is 5.69 Å². The van der Waals surface area contributed by atoms with Crippen molar-refractivity contribution in [3.63, 3.8) is 0 Å². The Bertz CT molecular complexity index is 520. The van der Waals surface area contributed by atoms with Crippen LogP contribution in [0.3, 0.4) is 0 Å². The molecule has 1 aliphatic carbocycles. The highest BCUT2D eigenvalue weighted by molar-refractivity contribution is 5.95. The van der Waals surface area contributed by atoms with Crippen LogP contribution in [0.5, 0.6) is 5.75 Å². The molecule has 3 rings (SSSR count). The number of fused-ring (bicyclic) bond motifs is 1. The molecule has 0 bridgehead atoms. The van der Waals surface area contributed by atoms with Crippen LogP contribution < -0.4 is 15.4 Å². The van der Waals surface area contributed by atoms with Crippen LogP contribution in [0.2, 0.25) is 0 Å². The first-order valence-corrected chi connectivity index (χ1v) is 7.89. The molecule has 0 saturated heterocycles. The minimum absolute atomic E-state index is 0.0810. The van der Waals surface area contributed by atoms with Crippen LogP contribution in [-0.2, 0) is 11.3 Å². The van der Waals surface area contributed by atoms with Crippen molar-refractivity contribution in [3.8, 4) is 5.75 Å². The fraction of sp³-hybridized carbons (Fsp3) is 0.588. The lowest BCUT2D eigenvalue weighted by Crippen LogP contribution is -2.36. The molecular weight excluding hydrogens is 264 g/mol. The maximum atomic E-state index is 11.4. The summed E-state index contributed by atoms with van der Waals surface area (Å²) in [5.74, 6) is 2.30. The SMILES string of the molecule is CC1CC(C)CC(NCc2ccc3c(c2)NC(=O)CO3)C1. The Morgan fingerprint density at radius 3 is 2.76 bits per heavy atom. The van der Waals surface area contributed by atoms with E-state index in [-0.39, 0.29) is 12.5 Å². The number of ether oxygens (including phenoxy) is 1. The predicted octanol–water partition coefficient (Wildman–Crippen LogP) is 2.93. The van der Waals surface area contributed by atoms with Gasteiger partial charge in [0.1, 0.15) is 5.75 Å². The minimum atomic E-state index is -0.0810. The minimum Gasteiger partial charge on any atom is -0.482 e. The fourth-order valence-corrected chi connectivity index (χ4v) is 3.62. The molecule has 4 nitrogen and oxygen atoms in total. The number of hydrogen-bond donors (Lipinski definition) is 2. The number of hydrogen-bond acceptors (Lipinski definition) is 3. The standard InChI is InChI=1S/C17H24N2O2/c1-11-5-12(2)7-14(6-11)18-9-13-3-4-16-15(8-13)19-17(20)10-21-16/h3-4,8,11-12,14,18H,5-7,9-10H2,1-2H3,(H,19,20). The molecule has 0 aromatic heterocycles. The Morgan fingerprint density at radius 2 is 2.00 bits per heavy atom. The number of benzene rings is 1. The summed E-state index contributed by atoms with van der Waals surface area (Å²) in [5, 5.41) is 6.52. The number of carbonyl (C=O) groups is 1. The predicted molar refractivity (Wildman–Crippen MR) is 83.4 cm³/mol. The van der Waals surface area contributed by atoms with Crippen molar-refractivity contribution in [2.75, 3.05) is 11.9 Å². The van der Waals surface area contributed by atoms with Gasteiger partial charge in [-0.1, -0.05) is 19.9 Å². The van der Waals surface area contributed by atoms with Gasteiger partial charge in [0.05, 0.1) is 5.69 Å². The largest absolute Gasteiger partial charge is 0.482 e. The summed E-state index contributed by atoms with van der Waals surface area (Å²) in [7, 11) is 0. The average molecular weight is 288 g/mol. The quantitative estimate of drug-likeness (QED) is 0.899. The normalized spacial score (nSPS) is 28.5. The van der Waals surface area contributed by atoms with Gasteiger partial charge in [-0.05, 0) is 48.8 Å². The van der Waals surface area contributed by atoms with E-state index in [1.165, 1.54) is 24.8 Å². The molecular formula is C17H24N2O2. The number of rotatable bonds is 3. The molecule has 1 saturated carbocycles. The molecule has 1 aliphatic heterocycles. The van der Waals surface area contributed by atoms with Crippen molar-refractivity contribution in [1.29, 1.82) is 0 Å². The first-order chi connectivity index (χ1) is 10.1. The van der Waals surface area contributed by atoms with Crippen molar-refractivity contribution < 1.29 is 9.53 Å².